The van der Waals surface area contributed by atoms with Crippen LogP contribution >= 0.6 is 0 Å². The van der Waals surface area contributed by atoms with Crippen LogP contribution in [0.2, 0.25) is 0 Å². The zero-order valence-corrected chi connectivity index (χ0v) is 27.5. The summed E-state index contributed by atoms with van der Waals surface area (Å²) in [5.41, 5.74) is 0.360. The Balaban J connectivity index is 1.23. The van der Waals surface area contributed by atoms with Crippen molar-refractivity contribution in [3.05, 3.63) is 70.4 Å². The summed E-state index contributed by atoms with van der Waals surface area (Å²) in [7, 11) is 1.87. The second kappa shape index (κ2) is 11.9. The van der Waals surface area contributed by atoms with Crippen molar-refractivity contribution in [1.82, 2.24) is 29.5 Å². The summed E-state index contributed by atoms with van der Waals surface area (Å²) in [5.74, 6) is 0.339. The predicted octanol–water partition coefficient (Wildman–Crippen LogP) is 4.73. The third-order valence-electron chi connectivity index (χ3n) is 9.03. The summed E-state index contributed by atoms with van der Waals surface area (Å²) >= 11 is 0. The SMILES string of the molecule is C[C@@H]1CN(Cc2cc(N3Cc4ccc(C5(Cc6nncn6C)COC5)cc4C3=O)nc(C(F)(F)F)c2)C[C@H](C)N1C(=O)OC(C)(C)C. The van der Waals surface area contributed by atoms with E-state index in [1.807, 2.05) is 48.6 Å². The highest BCUT2D eigenvalue weighted by Gasteiger charge is 2.43. The van der Waals surface area contributed by atoms with Gasteiger partial charge in [0.05, 0.1) is 19.8 Å². The normalized spacial score (nSPS) is 21.5. The third kappa shape index (κ3) is 6.57. The van der Waals surface area contributed by atoms with Crippen molar-refractivity contribution in [2.45, 2.75) is 83.4 Å². The Morgan fingerprint density at radius 2 is 1.79 bits per heavy atom. The van der Waals surface area contributed by atoms with Gasteiger partial charge in [0.25, 0.3) is 5.91 Å². The first kappa shape index (κ1) is 32.9. The Hall–Kier alpha value is -4.04. The van der Waals surface area contributed by atoms with E-state index in [0.717, 1.165) is 23.0 Å². The molecule has 3 aromatic rings. The fourth-order valence-corrected chi connectivity index (χ4v) is 6.74. The van der Waals surface area contributed by atoms with Gasteiger partial charge in [0.15, 0.2) is 0 Å². The quantitative estimate of drug-likeness (QED) is 0.376. The number of benzene rings is 1. The predicted molar refractivity (Wildman–Crippen MR) is 166 cm³/mol. The maximum absolute atomic E-state index is 14.1. The molecule has 2 fully saturated rings. The van der Waals surface area contributed by atoms with Gasteiger partial charge in [0.1, 0.15) is 29.3 Å². The van der Waals surface area contributed by atoms with Crippen molar-refractivity contribution in [2.24, 2.45) is 7.05 Å². The zero-order valence-electron chi connectivity index (χ0n) is 27.5. The van der Waals surface area contributed by atoms with Crippen LogP contribution in [0.5, 0.6) is 0 Å². The summed E-state index contributed by atoms with van der Waals surface area (Å²) in [6.45, 7) is 11.3. The van der Waals surface area contributed by atoms with Gasteiger partial charge in [-0.1, -0.05) is 12.1 Å². The van der Waals surface area contributed by atoms with Gasteiger partial charge >= 0.3 is 12.3 Å². The molecule has 0 saturated carbocycles. The standard InChI is InChI=1S/C33H40F3N7O4/c1-20-13-41(14-21(2)43(20)30(45)47-31(3,4)5)15-22-9-26(33(34,35)36)38-27(10-22)42-16-23-7-8-24(11-25(23)29(42)44)32(17-46-18-32)12-28-39-37-19-40(28)6/h7-11,19-21H,12-18H2,1-6H3/t20-,21+. The van der Waals surface area contributed by atoms with E-state index < -0.39 is 29.5 Å². The molecule has 5 heterocycles. The number of aromatic nitrogens is 4. The Morgan fingerprint density at radius 3 is 2.36 bits per heavy atom. The molecule has 252 valence electrons. The first-order valence-corrected chi connectivity index (χ1v) is 15.7. The topological polar surface area (TPSA) is 106 Å². The Labute approximate surface area is 271 Å². The van der Waals surface area contributed by atoms with Crippen LogP contribution in [-0.2, 0) is 47.6 Å². The number of carbonyl (C=O) groups is 2. The number of fused-ring (bicyclic) bond motifs is 1. The first-order valence-electron chi connectivity index (χ1n) is 15.7. The molecule has 2 amide bonds. The number of hydrogen-bond acceptors (Lipinski definition) is 8. The monoisotopic (exact) mass is 655 g/mol. The van der Waals surface area contributed by atoms with Crippen LogP contribution in [0.3, 0.4) is 0 Å². The lowest BCUT2D eigenvalue weighted by atomic mass is 9.75. The second-order valence-corrected chi connectivity index (χ2v) is 14.1. The molecule has 14 heteroatoms. The molecule has 0 radical (unpaired) electrons. The summed E-state index contributed by atoms with van der Waals surface area (Å²) in [6.07, 6.45) is -2.92. The highest BCUT2D eigenvalue weighted by molar-refractivity contribution is 6.09. The number of amides is 2. The number of halogens is 3. The molecule has 6 rings (SSSR count). The van der Waals surface area contributed by atoms with Gasteiger partial charge in [-0.15, -0.1) is 10.2 Å². The van der Waals surface area contributed by atoms with Gasteiger partial charge in [-0.2, -0.15) is 13.2 Å². The Kier molecular flexibility index (Phi) is 8.32. The third-order valence-corrected chi connectivity index (χ3v) is 9.03. The van der Waals surface area contributed by atoms with E-state index in [9.17, 15) is 22.8 Å². The van der Waals surface area contributed by atoms with Crippen LogP contribution in [0.1, 0.15) is 73.2 Å². The molecule has 2 atom stereocenters. The fourth-order valence-electron chi connectivity index (χ4n) is 6.74. The molecule has 0 spiro atoms. The molecule has 0 aliphatic carbocycles. The van der Waals surface area contributed by atoms with Gasteiger partial charge < -0.3 is 18.9 Å². The number of nitrogens with zero attached hydrogens (tertiary/aromatic N) is 7. The van der Waals surface area contributed by atoms with E-state index in [1.165, 1.54) is 4.90 Å². The highest BCUT2D eigenvalue weighted by atomic mass is 19.4. The van der Waals surface area contributed by atoms with Gasteiger partial charge in [-0.3, -0.25) is 14.6 Å². The van der Waals surface area contributed by atoms with Crippen molar-refractivity contribution in [3.63, 3.8) is 0 Å². The van der Waals surface area contributed by atoms with Gasteiger partial charge in [-0.05, 0) is 69.5 Å². The molecule has 2 aromatic heterocycles. The number of carbonyl (C=O) groups excluding carboxylic acids is 2. The smallest absolute Gasteiger partial charge is 0.433 e. The van der Waals surface area contributed by atoms with Crippen molar-refractivity contribution in [1.29, 1.82) is 0 Å². The Bertz CT molecular complexity index is 1670. The van der Waals surface area contributed by atoms with Crippen LogP contribution in [0, 0.1) is 0 Å². The molecule has 0 bridgehead atoms. The molecule has 0 N–H and O–H groups in total. The maximum Gasteiger partial charge on any atom is 0.433 e. The van der Waals surface area contributed by atoms with E-state index in [4.69, 9.17) is 9.47 Å². The number of rotatable bonds is 6. The number of alkyl halides is 3. The number of ether oxygens (including phenoxy) is 2. The zero-order chi connectivity index (χ0) is 33.9. The summed E-state index contributed by atoms with van der Waals surface area (Å²) < 4.78 is 55.4. The lowest BCUT2D eigenvalue weighted by Gasteiger charge is -2.44. The lowest BCUT2D eigenvalue weighted by Crippen LogP contribution is -2.59. The van der Waals surface area contributed by atoms with Crippen molar-refractivity contribution >= 4 is 17.8 Å². The minimum atomic E-state index is -4.71. The molecule has 1 aromatic carbocycles. The average molecular weight is 656 g/mol. The molecule has 47 heavy (non-hydrogen) atoms. The summed E-state index contributed by atoms with van der Waals surface area (Å²) in [4.78, 5) is 35.6. The fraction of sp³-hybridized carbons (Fsp3) is 0.545. The molecular formula is C33H40F3N7O4. The van der Waals surface area contributed by atoms with Crippen LogP contribution < -0.4 is 4.90 Å². The minimum absolute atomic E-state index is 0.0492. The number of anilines is 1. The van der Waals surface area contributed by atoms with E-state index in [-0.39, 0.29) is 36.4 Å². The average Bonchev–Trinajstić information content (AvgIpc) is 3.50. The van der Waals surface area contributed by atoms with E-state index >= 15 is 0 Å². The largest absolute Gasteiger partial charge is 0.444 e. The van der Waals surface area contributed by atoms with Crippen molar-refractivity contribution < 1.29 is 32.2 Å². The van der Waals surface area contributed by atoms with Gasteiger partial charge in [0.2, 0.25) is 0 Å². The number of piperazine rings is 1. The van der Waals surface area contributed by atoms with Crippen LogP contribution in [0.25, 0.3) is 0 Å². The molecule has 11 nitrogen and oxygen atoms in total. The van der Waals surface area contributed by atoms with Crippen LogP contribution in [0.4, 0.5) is 23.8 Å². The molecule has 0 unspecified atom stereocenters. The number of pyridine rings is 1. The van der Waals surface area contributed by atoms with E-state index in [1.54, 1.807) is 38.1 Å². The van der Waals surface area contributed by atoms with Gasteiger partial charge in [0, 0.05) is 56.2 Å². The molecule has 3 aliphatic heterocycles. The maximum atomic E-state index is 14.1. The molecule has 3 aliphatic rings. The highest BCUT2D eigenvalue weighted by Crippen LogP contribution is 2.39. The number of aryl methyl sites for hydroxylation is 1. The number of hydrogen-bond donors (Lipinski definition) is 0. The molecular weight excluding hydrogens is 615 g/mol. The van der Waals surface area contributed by atoms with Crippen LogP contribution in [-0.4, -0.2) is 85.5 Å². The Morgan fingerprint density at radius 1 is 1.09 bits per heavy atom. The van der Waals surface area contributed by atoms with E-state index in [0.29, 0.717) is 43.9 Å². The van der Waals surface area contributed by atoms with Crippen molar-refractivity contribution in [3.8, 4) is 0 Å². The summed E-state index contributed by atoms with van der Waals surface area (Å²) in [6, 6.07) is 7.80. The summed E-state index contributed by atoms with van der Waals surface area (Å²) in [5, 5.41) is 8.18. The second-order valence-electron chi connectivity index (χ2n) is 14.1. The molecule has 2 saturated heterocycles. The van der Waals surface area contributed by atoms with E-state index in [2.05, 4.69) is 15.2 Å². The van der Waals surface area contributed by atoms with Crippen molar-refractivity contribution in [2.75, 3.05) is 31.2 Å². The van der Waals surface area contributed by atoms with Gasteiger partial charge in [-0.25, -0.2) is 9.78 Å². The minimum Gasteiger partial charge on any atom is -0.444 e. The lowest BCUT2D eigenvalue weighted by molar-refractivity contribution is -0.141. The first-order chi connectivity index (χ1) is 22.0. The van der Waals surface area contributed by atoms with Crippen LogP contribution in [0.15, 0.2) is 36.7 Å².